The van der Waals surface area contributed by atoms with E-state index in [1.54, 1.807) is 4.90 Å². The Morgan fingerprint density at radius 1 is 1.10 bits per heavy atom. The highest BCUT2D eigenvalue weighted by Gasteiger charge is 2.28. The molecular weight excluding hydrogens is 412 g/mol. The summed E-state index contributed by atoms with van der Waals surface area (Å²) in [7, 11) is 0. The lowest BCUT2D eigenvalue weighted by molar-refractivity contribution is 0.0303. The van der Waals surface area contributed by atoms with Gasteiger partial charge in [-0.1, -0.05) is 30.3 Å². The van der Waals surface area contributed by atoms with E-state index in [2.05, 4.69) is 5.32 Å². The van der Waals surface area contributed by atoms with Crippen LogP contribution in [-0.2, 0) is 4.74 Å². The molecule has 29 heavy (non-hydrogen) atoms. The predicted molar refractivity (Wildman–Crippen MR) is 113 cm³/mol. The van der Waals surface area contributed by atoms with Crippen LogP contribution in [0.4, 0.5) is 5.00 Å². The molecule has 1 fully saturated rings. The summed E-state index contributed by atoms with van der Waals surface area (Å²) >= 11 is 7.16. The number of nitrogens with zero attached hydrogens (tertiary/aromatic N) is 1. The van der Waals surface area contributed by atoms with Crippen LogP contribution >= 0.6 is 22.9 Å². The van der Waals surface area contributed by atoms with Gasteiger partial charge in [0.25, 0.3) is 11.8 Å². The minimum Gasteiger partial charge on any atom is -0.440 e. The van der Waals surface area contributed by atoms with E-state index in [4.69, 9.17) is 20.8 Å². The van der Waals surface area contributed by atoms with E-state index in [9.17, 15) is 9.59 Å². The zero-order valence-electron chi connectivity index (χ0n) is 15.7. The van der Waals surface area contributed by atoms with Crippen molar-refractivity contribution in [3.05, 3.63) is 64.6 Å². The van der Waals surface area contributed by atoms with Gasteiger partial charge in [-0.3, -0.25) is 9.59 Å². The molecule has 6 nitrogen and oxygen atoms in total. The molecule has 4 rings (SSSR count). The quantitative estimate of drug-likeness (QED) is 0.651. The second kappa shape index (κ2) is 8.41. The summed E-state index contributed by atoms with van der Waals surface area (Å²) < 4.78 is 10.6. The zero-order valence-corrected chi connectivity index (χ0v) is 17.3. The number of amides is 2. The number of furan rings is 1. The van der Waals surface area contributed by atoms with Crippen molar-refractivity contribution in [2.75, 3.05) is 31.6 Å². The smallest absolute Gasteiger partial charge is 0.292 e. The summed E-state index contributed by atoms with van der Waals surface area (Å²) in [6.45, 7) is 3.97. The molecule has 1 aromatic carbocycles. The van der Waals surface area contributed by atoms with Crippen molar-refractivity contribution < 1.29 is 18.7 Å². The zero-order chi connectivity index (χ0) is 20.4. The van der Waals surface area contributed by atoms with Crippen LogP contribution < -0.4 is 5.32 Å². The van der Waals surface area contributed by atoms with Crippen LogP contribution in [0.2, 0.25) is 5.22 Å². The van der Waals surface area contributed by atoms with Crippen molar-refractivity contribution in [1.82, 2.24) is 4.90 Å². The normalized spacial score (nSPS) is 14.1. The molecule has 1 saturated heterocycles. The van der Waals surface area contributed by atoms with Gasteiger partial charge in [0.15, 0.2) is 11.0 Å². The van der Waals surface area contributed by atoms with Crippen LogP contribution in [-0.4, -0.2) is 43.0 Å². The first-order valence-corrected chi connectivity index (χ1v) is 10.4. The largest absolute Gasteiger partial charge is 0.440 e. The topological polar surface area (TPSA) is 71.8 Å². The molecule has 0 saturated carbocycles. The molecule has 8 heteroatoms. The molecule has 0 spiro atoms. The monoisotopic (exact) mass is 430 g/mol. The van der Waals surface area contributed by atoms with E-state index in [-0.39, 0.29) is 16.9 Å². The minimum atomic E-state index is -0.450. The minimum absolute atomic E-state index is 0.0899. The molecule has 0 radical (unpaired) electrons. The Labute approximate surface area is 177 Å². The summed E-state index contributed by atoms with van der Waals surface area (Å²) in [4.78, 5) is 28.6. The van der Waals surface area contributed by atoms with Crippen LogP contribution in [0.5, 0.6) is 0 Å². The number of carbonyl (C=O) groups is 2. The summed E-state index contributed by atoms with van der Waals surface area (Å²) in [6.07, 6.45) is 0. The van der Waals surface area contributed by atoms with E-state index >= 15 is 0 Å². The van der Waals surface area contributed by atoms with Crippen molar-refractivity contribution >= 4 is 39.8 Å². The fourth-order valence-electron chi connectivity index (χ4n) is 3.25. The molecule has 0 atom stereocenters. The molecule has 150 valence electrons. The number of hydrogen-bond donors (Lipinski definition) is 1. The maximum atomic E-state index is 13.3. The Balaban J connectivity index is 1.73. The number of anilines is 1. The van der Waals surface area contributed by atoms with Gasteiger partial charge in [0.05, 0.1) is 18.8 Å². The van der Waals surface area contributed by atoms with Gasteiger partial charge in [0.1, 0.15) is 5.00 Å². The molecule has 0 bridgehead atoms. The van der Waals surface area contributed by atoms with Crippen molar-refractivity contribution in [2.24, 2.45) is 0 Å². The standard InChI is InChI=1S/C21H19ClN2O4S/c1-13-17(21(26)24-9-11-27-12-10-24)20(23-19(25)15-7-8-16(22)28-15)29-18(13)14-5-3-2-4-6-14/h2-8H,9-12H2,1H3,(H,23,25). The summed E-state index contributed by atoms with van der Waals surface area (Å²) in [6, 6.07) is 12.8. The first-order valence-electron chi connectivity index (χ1n) is 9.17. The van der Waals surface area contributed by atoms with Gasteiger partial charge >= 0.3 is 0 Å². The molecule has 0 aliphatic carbocycles. The van der Waals surface area contributed by atoms with E-state index < -0.39 is 5.91 Å². The first kappa shape index (κ1) is 19.7. The van der Waals surface area contributed by atoms with Crippen molar-refractivity contribution in [1.29, 1.82) is 0 Å². The van der Waals surface area contributed by atoms with Crippen molar-refractivity contribution in [3.8, 4) is 10.4 Å². The Kier molecular flexibility index (Phi) is 5.71. The van der Waals surface area contributed by atoms with E-state index in [0.29, 0.717) is 36.9 Å². The molecule has 2 amide bonds. The number of ether oxygens (including phenoxy) is 1. The average Bonchev–Trinajstić information content (AvgIpc) is 3.32. The molecular formula is C21H19ClN2O4S. The van der Waals surface area contributed by atoms with E-state index in [1.165, 1.54) is 23.5 Å². The van der Waals surface area contributed by atoms with Gasteiger partial charge in [-0.05, 0) is 41.8 Å². The highest BCUT2D eigenvalue weighted by molar-refractivity contribution is 7.20. The first-order chi connectivity index (χ1) is 14.0. The molecule has 2 aromatic heterocycles. The second-order valence-corrected chi connectivity index (χ2v) is 7.98. The number of hydrogen-bond acceptors (Lipinski definition) is 5. The fourth-order valence-corrected chi connectivity index (χ4v) is 4.60. The second-order valence-electron chi connectivity index (χ2n) is 6.59. The Hall–Kier alpha value is -2.61. The SMILES string of the molecule is Cc1c(-c2ccccc2)sc(NC(=O)c2ccc(Cl)o2)c1C(=O)N1CCOCC1. The lowest BCUT2D eigenvalue weighted by Gasteiger charge is -2.27. The average molecular weight is 431 g/mol. The molecule has 1 aliphatic heterocycles. The number of morpholine rings is 1. The van der Waals surface area contributed by atoms with Crippen molar-refractivity contribution in [3.63, 3.8) is 0 Å². The molecule has 1 N–H and O–H groups in total. The number of carbonyl (C=O) groups excluding carboxylic acids is 2. The number of benzene rings is 1. The predicted octanol–water partition coefficient (Wildman–Crippen LogP) is 4.69. The number of rotatable bonds is 4. The highest BCUT2D eigenvalue weighted by Crippen LogP contribution is 2.40. The fraction of sp³-hybridized carbons (Fsp3) is 0.238. The number of nitrogens with one attached hydrogen (secondary N) is 1. The van der Waals surface area contributed by atoms with Crippen LogP contribution in [0.25, 0.3) is 10.4 Å². The van der Waals surface area contributed by atoms with Crippen LogP contribution in [0.1, 0.15) is 26.5 Å². The molecule has 0 unspecified atom stereocenters. The maximum absolute atomic E-state index is 13.3. The van der Waals surface area contributed by atoms with Gasteiger partial charge < -0.3 is 19.4 Å². The van der Waals surface area contributed by atoms with Gasteiger partial charge in [0.2, 0.25) is 0 Å². The summed E-state index contributed by atoms with van der Waals surface area (Å²) in [5.41, 5.74) is 2.33. The summed E-state index contributed by atoms with van der Waals surface area (Å²) in [5, 5.41) is 3.47. The Morgan fingerprint density at radius 3 is 2.48 bits per heavy atom. The lowest BCUT2D eigenvalue weighted by Crippen LogP contribution is -2.41. The highest BCUT2D eigenvalue weighted by atomic mass is 35.5. The van der Waals surface area contributed by atoms with Gasteiger partial charge in [0, 0.05) is 18.0 Å². The van der Waals surface area contributed by atoms with Gasteiger partial charge in [-0.15, -0.1) is 11.3 Å². The van der Waals surface area contributed by atoms with Crippen LogP contribution in [0.15, 0.2) is 46.9 Å². The third-order valence-corrected chi connectivity index (χ3v) is 6.18. The lowest BCUT2D eigenvalue weighted by atomic mass is 10.1. The Morgan fingerprint density at radius 2 is 1.83 bits per heavy atom. The maximum Gasteiger partial charge on any atom is 0.292 e. The van der Waals surface area contributed by atoms with Crippen LogP contribution in [0.3, 0.4) is 0 Å². The van der Waals surface area contributed by atoms with Gasteiger partial charge in [-0.2, -0.15) is 0 Å². The number of thiophene rings is 1. The third-order valence-electron chi connectivity index (χ3n) is 4.72. The Bertz CT molecular complexity index is 1040. The van der Waals surface area contributed by atoms with Crippen LogP contribution in [0, 0.1) is 6.92 Å². The van der Waals surface area contributed by atoms with Crippen molar-refractivity contribution in [2.45, 2.75) is 6.92 Å². The molecule has 3 heterocycles. The summed E-state index contributed by atoms with van der Waals surface area (Å²) in [5.74, 6) is -0.474. The van der Waals surface area contributed by atoms with Gasteiger partial charge in [-0.25, -0.2) is 0 Å². The molecule has 3 aromatic rings. The third kappa shape index (κ3) is 4.07. The van der Waals surface area contributed by atoms with E-state index in [0.717, 1.165) is 16.0 Å². The molecule has 1 aliphatic rings. The number of halogens is 1. The van der Waals surface area contributed by atoms with E-state index in [1.807, 2.05) is 37.3 Å².